The Kier molecular flexibility index (Phi) is 7.43. The molecule has 0 bridgehead atoms. The van der Waals surface area contributed by atoms with Crippen LogP contribution in [0.2, 0.25) is 0 Å². The minimum atomic E-state index is -0.614. The second-order valence-corrected chi connectivity index (χ2v) is 7.02. The number of methoxy groups -OCH3 is 1. The molecule has 1 saturated heterocycles. The minimum Gasteiger partial charge on any atom is -0.488 e. The van der Waals surface area contributed by atoms with Crippen LogP contribution in [0.5, 0.6) is 5.75 Å². The summed E-state index contributed by atoms with van der Waals surface area (Å²) in [6, 6.07) is 16.4. The molecule has 1 amide bonds. The summed E-state index contributed by atoms with van der Waals surface area (Å²) in [6.45, 7) is 0.841. The number of likely N-dealkylation sites (tertiary alicyclic amines) is 1. The van der Waals surface area contributed by atoms with Gasteiger partial charge in [-0.25, -0.2) is 4.79 Å². The molecule has 2 aromatic rings. The first kappa shape index (κ1) is 21.4. The number of hydrogen-bond donors (Lipinski definition) is 0. The van der Waals surface area contributed by atoms with Gasteiger partial charge in [0.25, 0.3) is 5.91 Å². The largest absolute Gasteiger partial charge is 0.488 e. The van der Waals surface area contributed by atoms with Crippen molar-refractivity contribution in [3.63, 3.8) is 0 Å². The van der Waals surface area contributed by atoms with Gasteiger partial charge in [0, 0.05) is 13.1 Å². The van der Waals surface area contributed by atoms with Crippen LogP contribution in [0.4, 0.5) is 0 Å². The van der Waals surface area contributed by atoms with Crippen molar-refractivity contribution in [3.05, 3.63) is 65.7 Å². The number of benzene rings is 2. The van der Waals surface area contributed by atoms with E-state index in [1.807, 2.05) is 30.3 Å². The summed E-state index contributed by atoms with van der Waals surface area (Å²) in [4.78, 5) is 38.1. The van der Waals surface area contributed by atoms with Gasteiger partial charge in [-0.2, -0.15) is 0 Å². The topological polar surface area (TPSA) is 82.1 Å². The van der Waals surface area contributed by atoms with Crippen molar-refractivity contribution < 1.29 is 28.6 Å². The lowest BCUT2D eigenvalue weighted by atomic mass is 9.97. The van der Waals surface area contributed by atoms with Gasteiger partial charge in [0.2, 0.25) is 0 Å². The number of esters is 2. The molecule has 7 heteroatoms. The molecule has 0 spiro atoms. The van der Waals surface area contributed by atoms with Gasteiger partial charge in [0.1, 0.15) is 17.9 Å². The molecule has 3 rings (SSSR count). The van der Waals surface area contributed by atoms with Crippen LogP contribution in [0, 0.1) is 5.92 Å². The molecule has 0 unspecified atom stereocenters. The number of hydrogen-bond acceptors (Lipinski definition) is 6. The second kappa shape index (κ2) is 10.4. The lowest BCUT2D eigenvalue weighted by molar-refractivity contribution is -0.149. The Morgan fingerprint density at radius 2 is 1.63 bits per heavy atom. The third-order valence-electron chi connectivity index (χ3n) is 5.05. The molecule has 158 valence electrons. The van der Waals surface area contributed by atoms with Gasteiger partial charge in [-0.15, -0.1) is 0 Å². The Hall–Kier alpha value is -3.35. The van der Waals surface area contributed by atoms with E-state index < -0.39 is 5.97 Å². The first-order valence-corrected chi connectivity index (χ1v) is 9.87. The number of nitrogens with zero attached hydrogens (tertiary/aromatic N) is 1. The third kappa shape index (κ3) is 5.59. The summed E-state index contributed by atoms with van der Waals surface area (Å²) in [7, 11) is 1.36. The van der Waals surface area contributed by atoms with E-state index in [0.29, 0.717) is 38.3 Å². The van der Waals surface area contributed by atoms with Gasteiger partial charge < -0.3 is 19.1 Å². The van der Waals surface area contributed by atoms with E-state index >= 15 is 0 Å². The van der Waals surface area contributed by atoms with Crippen molar-refractivity contribution >= 4 is 17.8 Å². The maximum absolute atomic E-state index is 12.5. The Bertz CT molecular complexity index is 874. The van der Waals surface area contributed by atoms with Gasteiger partial charge in [-0.3, -0.25) is 9.59 Å². The highest BCUT2D eigenvalue weighted by atomic mass is 16.5. The van der Waals surface area contributed by atoms with Crippen molar-refractivity contribution in [1.82, 2.24) is 4.90 Å². The fourth-order valence-corrected chi connectivity index (χ4v) is 3.32. The van der Waals surface area contributed by atoms with E-state index in [0.717, 1.165) is 5.56 Å². The SMILES string of the molecule is COC(=O)C1CCN(C(=O)COC(=O)c2ccccc2OCc2ccccc2)CC1. The molecule has 1 heterocycles. The average molecular weight is 411 g/mol. The van der Waals surface area contributed by atoms with Crippen LogP contribution in [-0.2, 0) is 25.7 Å². The summed E-state index contributed by atoms with van der Waals surface area (Å²) in [6.07, 6.45) is 1.09. The Balaban J connectivity index is 1.51. The lowest BCUT2D eigenvalue weighted by Gasteiger charge is -2.30. The molecular weight excluding hydrogens is 386 g/mol. The van der Waals surface area contributed by atoms with Gasteiger partial charge in [0.15, 0.2) is 6.61 Å². The molecule has 0 radical (unpaired) electrons. The van der Waals surface area contributed by atoms with Gasteiger partial charge >= 0.3 is 11.9 Å². The highest BCUT2D eigenvalue weighted by Gasteiger charge is 2.28. The van der Waals surface area contributed by atoms with Crippen molar-refractivity contribution in [3.8, 4) is 5.75 Å². The summed E-state index contributed by atoms with van der Waals surface area (Å²) in [5.41, 5.74) is 1.25. The van der Waals surface area contributed by atoms with Crippen LogP contribution in [0.15, 0.2) is 54.6 Å². The van der Waals surface area contributed by atoms with Gasteiger partial charge in [-0.1, -0.05) is 42.5 Å². The Morgan fingerprint density at radius 3 is 2.33 bits per heavy atom. The quantitative estimate of drug-likeness (QED) is 0.652. The van der Waals surface area contributed by atoms with Crippen molar-refractivity contribution in [2.45, 2.75) is 19.4 Å². The van der Waals surface area contributed by atoms with Crippen molar-refractivity contribution in [2.75, 3.05) is 26.8 Å². The van der Waals surface area contributed by atoms with E-state index in [-0.39, 0.29) is 30.0 Å². The monoisotopic (exact) mass is 411 g/mol. The maximum Gasteiger partial charge on any atom is 0.342 e. The highest BCUT2D eigenvalue weighted by Crippen LogP contribution is 2.21. The molecule has 0 aromatic heterocycles. The molecule has 1 aliphatic heterocycles. The Morgan fingerprint density at radius 1 is 0.967 bits per heavy atom. The molecule has 0 atom stereocenters. The van der Waals surface area contributed by atoms with Crippen LogP contribution < -0.4 is 4.74 Å². The van der Waals surface area contributed by atoms with Gasteiger partial charge in [-0.05, 0) is 30.5 Å². The third-order valence-corrected chi connectivity index (χ3v) is 5.05. The van der Waals surface area contributed by atoms with Gasteiger partial charge in [0.05, 0.1) is 13.0 Å². The van der Waals surface area contributed by atoms with E-state index in [9.17, 15) is 14.4 Å². The van der Waals surface area contributed by atoms with Crippen LogP contribution in [0.1, 0.15) is 28.8 Å². The molecule has 0 saturated carbocycles. The number of amides is 1. The predicted octanol–water partition coefficient (Wildman–Crippen LogP) is 2.83. The molecule has 7 nitrogen and oxygen atoms in total. The van der Waals surface area contributed by atoms with E-state index in [1.165, 1.54) is 7.11 Å². The van der Waals surface area contributed by atoms with Crippen LogP contribution in [0.25, 0.3) is 0 Å². The fourth-order valence-electron chi connectivity index (χ4n) is 3.32. The number of ether oxygens (including phenoxy) is 3. The second-order valence-electron chi connectivity index (χ2n) is 7.02. The standard InChI is InChI=1S/C23H25NO6/c1-28-22(26)18-11-13-24(14-12-18)21(25)16-30-23(27)19-9-5-6-10-20(19)29-15-17-7-3-2-4-8-17/h2-10,18H,11-16H2,1H3. The smallest absolute Gasteiger partial charge is 0.342 e. The zero-order valence-electron chi connectivity index (χ0n) is 16.9. The van der Waals surface area contributed by atoms with Crippen LogP contribution in [0.3, 0.4) is 0 Å². The summed E-state index contributed by atoms with van der Waals surface area (Å²) >= 11 is 0. The predicted molar refractivity (Wildman–Crippen MR) is 109 cm³/mol. The molecule has 0 aliphatic carbocycles. The van der Waals surface area contributed by atoms with Crippen LogP contribution >= 0.6 is 0 Å². The normalized spacial score (nSPS) is 14.1. The first-order chi connectivity index (χ1) is 14.6. The summed E-state index contributed by atoms with van der Waals surface area (Å²) in [5, 5.41) is 0. The van der Waals surface area contributed by atoms with Crippen LogP contribution in [-0.4, -0.2) is 49.6 Å². The molecule has 1 fully saturated rings. The molecule has 0 N–H and O–H groups in total. The van der Waals surface area contributed by atoms with Crippen molar-refractivity contribution in [1.29, 1.82) is 0 Å². The molecule has 1 aliphatic rings. The molecular formula is C23H25NO6. The molecule has 30 heavy (non-hydrogen) atoms. The maximum atomic E-state index is 12.5. The summed E-state index contributed by atoms with van der Waals surface area (Å²) in [5.74, 6) is -0.931. The zero-order chi connectivity index (χ0) is 21.3. The number of carbonyl (C=O) groups is 3. The number of carbonyl (C=O) groups excluding carboxylic acids is 3. The van der Waals surface area contributed by atoms with E-state index in [2.05, 4.69) is 0 Å². The number of rotatable bonds is 7. The fraction of sp³-hybridized carbons (Fsp3) is 0.348. The molecule has 2 aromatic carbocycles. The van der Waals surface area contributed by atoms with Crippen molar-refractivity contribution in [2.24, 2.45) is 5.92 Å². The Labute approximate surface area is 175 Å². The zero-order valence-corrected chi connectivity index (χ0v) is 16.9. The number of para-hydroxylation sites is 1. The highest BCUT2D eigenvalue weighted by molar-refractivity contribution is 5.94. The average Bonchev–Trinajstić information content (AvgIpc) is 2.81. The summed E-state index contributed by atoms with van der Waals surface area (Å²) < 4.78 is 15.8. The van der Waals surface area contributed by atoms with E-state index in [1.54, 1.807) is 29.2 Å². The minimum absolute atomic E-state index is 0.185. The van der Waals surface area contributed by atoms with E-state index in [4.69, 9.17) is 14.2 Å². The first-order valence-electron chi connectivity index (χ1n) is 9.87. The lowest BCUT2D eigenvalue weighted by Crippen LogP contribution is -2.42. The number of piperidine rings is 1.